The minimum Gasteiger partial charge on any atom is -0.467 e. The third kappa shape index (κ3) is 4.39. The predicted molar refractivity (Wildman–Crippen MR) is 76.0 cm³/mol. The van der Waals surface area contributed by atoms with Crippen LogP contribution in [-0.2, 0) is 17.5 Å². The Balaban J connectivity index is 2.02. The summed E-state index contributed by atoms with van der Waals surface area (Å²) in [7, 11) is 0. The van der Waals surface area contributed by atoms with Crippen molar-refractivity contribution < 1.29 is 22.4 Å². The summed E-state index contributed by atoms with van der Waals surface area (Å²) in [6.45, 7) is 0.199. The molecule has 1 heterocycles. The highest BCUT2D eigenvalue weighted by Crippen LogP contribution is 2.35. The highest BCUT2D eigenvalue weighted by Gasteiger charge is 2.33. The summed E-state index contributed by atoms with van der Waals surface area (Å²) in [6, 6.07) is 6.81. The molecule has 0 aliphatic heterocycles. The molecular formula is C15H11ClF3NO2. The number of amides is 1. The van der Waals surface area contributed by atoms with E-state index in [-0.39, 0.29) is 17.1 Å². The lowest BCUT2D eigenvalue weighted by atomic mass is 10.1. The number of carbonyl (C=O) groups excluding carboxylic acids is 1. The zero-order valence-corrected chi connectivity index (χ0v) is 11.9. The molecule has 0 atom stereocenters. The van der Waals surface area contributed by atoms with Gasteiger partial charge >= 0.3 is 6.18 Å². The standard InChI is InChI=1S/C15H11ClF3NO2/c16-13-5-3-10(8-12(13)15(17,18)19)4-6-14(21)20-9-11-2-1-7-22-11/h1-8H,9H2,(H,20,21). The van der Waals surface area contributed by atoms with Crippen molar-refractivity contribution in [3.8, 4) is 0 Å². The first-order valence-corrected chi connectivity index (χ1v) is 6.59. The molecule has 0 radical (unpaired) electrons. The van der Waals surface area contributed by atoms with E-state index in [1.165, 1.54) is 18.4 Å². The van der Waals surface area contributed by atoms with Gasteiger partial charge in [-0.3, -0.25) is 4.79 Å². The zero-order chi connectivity index (χ0) is 16.2. The van der Waals surface area contributed by atoms with Gasteiger partial charge in [0.05, 0.1) is 23.4 Å². The Morgan fingerprint density at radius 2 is 2.09 bits per heavy atom. The molecule has 0 fully saturated rings. The van der Waals surface area contributed by atoms with Crippen molar-refractivity contribution >= 4 is 23.6 Å². The number of halogens is 4. The number of carbonyl (C=O) groups is 1. The molecule has 0 spiro atoms. The van der Waals surface area contributed by atoms with E-state index in [0.717, 1.165) is 18.2 Å². The molecule has 1 amide bonds. The number of nitrogens with one attached hydrogen (secondary N) is 1. The molecule has 0 saturated carbocycles. The molecule has 0 bridgehead atoms. The maximum Gasteiger partial charge on any atom is 0.417 e. The topological polar surface area (TPSA) is 42.2 Å². The Labute approximate surface area is 129 Å². The number of alkyl halides is 3. The van der Waals surface area contributed by atoms with Gasteiger partial charge in [-0.1, -0.05) is 17.7 Å². The molecule has 2 aromatic rings. The molecule has 1 N–H and O–H groups in total. The van der Waals surface area contributed by atoms with Gasteiger partial charge in [-0.05, 0) is 35.9 Å². The Morgan fingerprint density at radius 3 is 2.73 bits per heavy atom. The van der Waals surface area contributed by atoms with E-state index in [1.54, 1.807) is 12.1 Å². The maximum atomic E-state index is 12.7. The molecule has 3 nitrogen and oxygen atoms in total. The Bertz CT molecular complexity index is 679. The molecule has 0 saturated heterocycles. The number of rotatable bonds is 4. The lowest BCUT2D eigenvalue weighted by Gasteiger charge is -2.09. The summed E-state index contributed by atoms with van der Waals surface area (Å²) in [5, 5.41) is 2.16. The van der Waals surface area contributed by atoms with Gasteiger partial charge in [0.15, 0.2) is 0 Å². The lowest BCUT2D eigenvalue weighted by molar-refractivity contribution is -0.137. The Morgan fingerprint density at radius 1 is 1.32 bits per heavy atom. The van der Waals surface area contributed by atoms with E-state index in [4.69, 9.17) is 16.0 Å². The molecule has 116 valence electrons. The molecule has 1 aromatic carbocycles. The SMILES string of the molecule is O=C(C=Cc1ccc(Cl)c(C(F)(F)F)c1)NCc1ccco1. The number of benzene rings is 1. The second kappa shape index (κ2) is 6.70. The van der Waals surface area contributed by atoms with Crippen LogP contribution in [0.5, 0.6) is 0 Å². The molecule has 0 unspecified atom stereocenters. The van der Waals surface area contributed by atoms with Crippen LogP contribution in [-0.4, -0.2) is 5.91 Å². The fourth-order valence-electron chi connectivity index (χ4n) is 1.68. The van der Waals surface area contributed by atoms with Crippen LogP contribution < -0.4 is 5.32 Å². The van der Waals surface area contributed by atoms with E-state index in [2.05, 4.69) is 5.32 Å². The summed E-state index contributed by atoms with van der Waals surface area (Å²) >= 11 is 5.52. The van der Waals surface area contributed by atoms with Gasteiger partial charge in [-0.15, -0.1) is 0 Å². The molecular weight excluding hydrogens is 319 g/mol. The van der Waals surface area contributed by atoms with Crippen LogP contribution in [0.3, 0.4) is 0 Å². The van der Waals surface area contributed by atoms with Crippen molar-refractivity contribution in [2.75, 3.05) is 0 Å². The minimum absolute atomic E-state index is 0.199. The van der Waals surface area contributed by atoms with Crippen LogP contribution in [0.2, 0.25) is 5.02 Å². The number of furan rings is 1. The first-order valence-electron chi connectivity index (χ1n) is 6.21. The van der Waals surface area contributed by atoms with E-state index in [1.807, 2.05) is 0 Å². The van der Waals surface area contributed by atoms with E-state index in [0.29, 0.717) is 5.76 Å². The van der Waals surface area contributed by atoms with Crippen molar-refractivity contribution in [2.24, 2.45) is 0 Å². The third-order valence-electron chi connectivity index (χ3n) is 2.74. The lowest BCUT2D eigenvalue weighted by Crippen LogP contribution is -2.19. The van der Waals surface area contributed by atoms with E-state index in [9.17, 15) is 18.0 Å². The first-order chi connectivity index (χ1) is 10.4. The van der Waals surface area contributed by atoms with Gasteiger partial charge in [-0.25, -0.2) is 0 Å². The Kier molecular flexibility index (Phi) is 4.92. The monoisotopic (exact) mass is 329 g/mol. The predicted octanol–water partition coefficient (Wildman–Crippen LogP) is 4.28. The highest BCUT2D eigenvalue weighted by atomic mass is 35.5. The summed E-state index contributed by atoms with van der Waals surface area (Å²) in [5.41, 5.74) is -0.711. The van der Waals surface area contributed by atoms with Gasteiger partial charge in [0, 0.05) is 6.08 Å². The van der Waals surface area contributed by atoms with Crippen molar-refractivity contribution in [3.63, 3.8) is 0 Å². The van der Waals surface area contributed by atoms with E-state index >= 15 is 0 Å². The average molecular weight is 330 g/mol. The van der Waals surface area contributed by atoms with Crippen LogP contribution in [0.15, 0.2) is 47.1 Å². The molecule has 0 aliphatic carbocycles. The fourth-order valence-corrected chi connectivity index (χ4v) is 1.91. The summed E-state index contributed by atoms with van der Waals surface area (Å²) in [4.78, 5) is 11.6. The molecule has 1 aromatic heterocycles. The quantitative estimate of drug-likeness (QED) is 0.851. The number of hydrogen-bond acceptors (Lipinski definition) is 2. The summed E-state index contributed by atoms with van der Waals surface area (Å²) < 4.78 is 43.2. The summed E-state index contributed by atoms with van der Waals surface area (Å²) in [5.74, 6) is 0.132. The van der Waals surface area contributed by atoms with Crippen molar-refractivity contribution in [3.05, 3.63) is 64.6 Å². The Hall–Kier alpha value is -2.21. The van der Waals surface area contributed by atoms with Gasteiger partial charge in [0.2, 0.25) is 5.91 Å². The van der Waals surface area contributed by atoms with E-state index < -0.39 is 17.6 Å². The smallest absolute Gasteiger partial charge is 0.417 e. The zero-order valence-electron chi connectivity index (χ0n) is 11.2. The van der Waals surface area contributed by atoms with Crippen LogP contribution in [0.25, 0.3) is 6.08 Å². The van der Waals surface area contributed by atoms with Crippen molar-refractivity contribution in [2.45, 2.75) is 12.7 Å². The highest BCUT2D eigenvalue weighted by molar-refractivity contribution is 6.31. The fraction of sp³-hybridized carbons (Fsp3) is 0.133. The van der Waals surface area contributed by atoms with Crippen LogP contribution in [0.4, 0.5) is 13.2 Å². The molecule has 2 rings (SSSR count). The van der Waals surface area contributed by atoms with Crippen molar-refractivity contribution in [1.82, 2.24) is 5.32 Å². The second-order valence-electron chi connectivity index (χ2n) is 4.37. The molecule has 7 heteroatoms. The normalized spacial score (nSPS) is 11.8. The van der Waals surface area contributed by atoms with Crippen molar-refractivity contribution in [1.29, 1.82) is 0 Å². The van der Waals surface area contributed by atoms with Crippen LogP contribution in [0, 0.1) is 0 Å². The average Bonchev–Trinajstić information content (AvgIpc) is 2.96. The molecule has 0 aliphatic rings. The van der Waals surface area contributed by atoms with Crippen LogP contribution >= 0.6 is 11.6 Å². The molecule has 22 heavy (non-hydrogen) atoms. The number of hydrogen-bond donors (Lipinski definition) is 1. The summed E-state index contributed by atoms with van der Waals surface area (Å²) in [6.07, 6.45) is -0.637. The minimum atomic E-state index is -4.54. The first kappa shape index (κ1) is 16.2. The van der Waals surface area contributed by atoms with Gasteiger partial charge < -0.3 is 9.73 Å². The third-order valence-corrected chi connectivity index (χ3v) is 3.07. The van der Waals surface area contributed by atoms with Crippen LogP contribution in [0.1, 0.15) is 16.9 Å². The van der Waals surface area contributed by atoms with Gasteiger partial charge in [0.25, 0.3) is 0 Å². The largest absolute Gasteiger partial charge is 0.467 e. The van der Waals surface area contributed by atoms with Gasteiger partial charge in [0.1, 0.15) is 5.76 Å². The van der Waals surface area contributed by atoms with Gasteiger partial charge in [-0.2, -0.15) is 13.2 Å². The maximum absolute atomic E-state index is 12.7. The second-order valence-corrected chi connectivity index (χ2v) is 4.77.